The van der Waals surface area contributed by atoms with Crippen molar-refractivity contribution in [2.45, 2.75) is 38.4 Å². The molecule has 0 unspecified atom stereocenters. The van der Waals surface area contributed by atoms with Crippen molar-refractivity contribution in [2.75, 3.05) is 5.33 Å². The molecular formula is C11H14BrF3N2. The third-order valence-corrected chi connectivity index (χ3v) is 4.57. The van der Waals surface area contributed by atoms with Crippen molar-refractivity contribution in [2.24, 2.45) is 5.41 Å². The average Bonchev–Trinajstić information content (AvgIpc) is 2.87. The third-order valence-electron chi connectivity index (χ3n) is 3.38. The normalized spacial score (nSPS) is 19.8. The first-order valence-electron chi connectivity index (χ1n) is 5.62. The Hall–Kier alpha value is -0.520. The molecule has 0 aromatic carbocycles. The first kappa shape index (κ1) is 12.9. The molecule has 17 heavy (non-hydrogen) atoms. The molecular weight excluding hydrogens is 297 g/mol. The summed E-state index contributed by atoms with van der Waals surface area (Å²) in [5, 5.41) is 4.43. The van der Waals surface area contributed by atoms with Crippen LogP contribution in [0.1, 0.15) is 31.4 Å². The summed E-state index contributed by atoms with van der Waals surface area (Å²) < 4.78 is 38.6. The van der Waals surface area contributed by atoms with Crippen molar-refractivity contribution in [3.8, 4) is 0 Å². The smallest absolute Gasteiger partial charge is 0.272 e. The van der Waals surface area contributed by atoms with Gasteiger partial charge in [0.2, 0.25) is 0 Å². The van der Waals surface area contributed by atoms with Gasteiger partial charge in [0.05, 0.1) is 0 Å². The molecule has 2 nitrogen and oxygen atoms in total. The summed E-state index contributed by atoms with van der Waals surface area (Å²) in [6, 6.07) is 1.04. The van der Waals surface area contributed by atoms with Gasteiger partial charge in [-0.2, -0.15) is 18.3 Å². The lowest BCUT2D eigenvalue weighted by Gasteiger charge is -2.26. The van der Waals surface area contributed by atoms with Crippen molar-refractivity contribution in [1.82, 2.24) is 9.78 Å². The van der Waals surface area contributed by atoms with Crippen LogP contribution < -0.4 is 0 Å². The zero-order valence-electron chi connectivity index (χ0n) is 9.30. The largest absolute Gasteiger partial charge is 0.435 e. The minimum absolute atomic E-state index is 0.0783. The van der Waals surface area contributed by atoms with E-state index in [9.17, 15) is 13.2 Å². The summed E-state index contributed by atoms with van der Waals surface area (Å²) in [6.45, 7) is 0.564. The molecule has 1 fully saturated rings. The van der Waals surface area contributed by atoms with Gasteiger partial charge in [0.25, 0.3) is 0 Å². The maximum absolute atomic E-state index is 12.4. The molecule has 2 rings (SSSR count). The molecule has 1 aromatic heterocycles. The van der Waals surface area contributed by atoms with Crippen LogP contribution in [0.4, 0.5) is 13.2 Å². The highest BCUT2D eigenvalue weighted by molar-refractivity contribution is 9.09. The van der Waals surface area contributed by atoms with Gasteiger partial charge in [-0.05, 0) is 24.3 Å². The zero-order chi connectivity index (χ0) is 12.5. The second kappa shape index (κ2) is 4.63. The molecule has 1 aliphatic rings. The van der Waals surface area contributed by atoms with Gasteiger partial charge in [-0.3, -0.25) is 4.68 Å². The highest BCUT2D eigenvalue weighted by atomic mass is 79.9. The van der Waals surface area contributed by atoms with Gasteiger partial charge in [-0.15, -0.1) is 0 Å². The van der Waals surface area contributed by atoms with E-state index in [1.54, 1.807) is 0 Å². The van der Waals surface area contributed by atoms with E-state index in [1.165, 1.54) is 10.9 Å². The van der Waals surface area contributed by atoms with Crippen molar-refractivity contribution in [1.29, 1.82) is 0 Å². The molecule has 0 saturated heterocycles. The first-order chi connectivity index (χ1) is 7.95. The van der Waals surface area contributed by atoms with E-state index in [0.29, 0.717) is 6.54 Å². The molecule has 96 valence electrons. The molecule has 1 heterocycles. The SMILES string of the molecule is FC(F)(F)c1ccn(CC2(CBr)CCCC2)n1. The molecule has 0 aliphatic heterocycles. The van der Waals surface area contributed by atoms with Crippen LogP contribution in [0.2, 0.25) is 0 Å². The fraction of sp³-hybridized carbons (Fsp3) is 0.727. The second-order valence-electron chi connectivity index (χ2n) is 4.74. The van der Waals surface area contributed by atoms with Crippen LogP contribution in [0.15, 0.2) is 12.3 Å². The number of alkyl halides is 4. The van der Waals surface area contributed by atoms with Crippen molar-refractivity contribution >= 4 is 15.9 Å². The van der Waals surface area contributed by atoms with E-state index in [4.69, 9.17) is 0 Å². The van der Waals surface area contributed by atoms with Gasteiger partial charge in [0.1, 0.15) is 0 Å². The van der Waals surface area contributed by atoms with Crippen LogP contribution in [0.3, 0.4) is 0 Å². The minimum atomic E-state index is -4.34. The zero-order valence-corrected chi connectivity index (χ0v) is 10.9. The summed E-state index contributed by atoms with van der Waals surface area (Å²) in [7, 11) is 0. The number of hydrogen-bond acceptors (Lipinski definition) is 1. The Balaban J connectivity index is 2.11. The van der Waals surface area contributed by atoms with Crippen LogP contribution in [-0.4, -0.2) is 15.1 Å². The summed E-state index contributed by atoms with van der Waals surface area (Å²) in [6.07, 6.45) is 1.49. The Morgan fingerprint density at radius 3 is 2.47 bits per heavy atom. The Morgan fingerprint density at radius 2 is 2.00 bits per heavy atom. The van der Waals surface area contributed by atoms with Crippen LogP contribution in [-0.2, 0) is 12.7 Å². The average molecular weight is 311 g/mol. The van der Waals surface area contributed by atoms with Gasteiger partial charge in [-0.25, -0.2) is 0 Å². The molecule has 0 spiro atoms. The molecule has 0 bridgehead atoms. The monoisotopic (exact) mass is 310 g/mol. The number of hydrogen-bond donors (Lipinski definition) is 0. The summed E-state index contributed by atoms with van der Waals surface area (Å²) >= 11 is 3.47. The molecule has 0 radical (unpaired) electrons. The third kappa shape index (κ3) is 2.84. The van der Waals surface area contributed by atoms with Gasteiger partial charge in [0, 0.05) is 18.1 Å². The first-order valence-corrected chi connectivity index (χ1v) is 6.74. The van der Waals surface area contributed by atoms with Crippen LogP contribution >= 0.6 is 15.9 Å². The standard InChI is InChI=1S/C11H14BrF3N2/c12-7-10(4-1-2-5-10)8-17-6-3-9(16-17)11(13,14)15/h3,6H,1-2,4-5,7-8H2. The van der Waals surface area contributed by atoms with E-state index in [1.807, 2.05) is 0 Å². The quantitative estimate of drug-likeness (QED) is 0.775. The topological polar surface area (TPSA) is 17.8 Å². The summed E-state index contributed by atoms with van der Waals surface area (Å²) in [4.78, 5) is 0. The Bertz CT molecular complexity index is 380. The highest BCUT2D eigenvalue weighted by Gasteiger charge is 2.36. The van der Waals surface area contributed by atoms with Crippen LogP contribution in [0.5, 0.6) is 0 Å². The molecule has 1 aliphatic carbocycles. The Morgan fingerprint density at radius 1 is 1.35 bits per heavy atom. The van der Waals surface area contributed by atoms with Crippen molar-refractivity contribution < 1.29 is 13.2 Å². The number of nitrogens with zero attached hydrogens (tertiary/aromatic N) is 2. The lowest BCUT2D eigenvalue weighted by Crippen LogP contribution is -2.25. The van der Waals surface area contributed by atoms with E-state index < -0.39 is 11.9 Å². The van der Waals surface area contributed by atoms with E-state index >= 15 is 0 Å². The van der Waals surface area contributed by atoms with Crippen LogP contribution in [0.25, 0.3) is 0 Å². The predicted molar refractivity (Wildman–Crippen MR) is 61.9 cm³/mol. The molecule has 0 N–H and O–H groups in total. The minimum Gasteiger partial charge on any atom is -0.272 e. The Labute approximate surface area is 106 Å². The molecule has 0 amide bonds. The van der Waals surface area contributed by atoms with Gasteiger partial charge < -0.3 is 0 Å². The Kier molecular flexibility index (Phi) is 3.52. The van der Waals surface area contributed by atoms with Gasteiger partial charge in [-0.1, -0.05) is 28.8 Å². The lowest BCUT2D eigenvalue weighted by molar-refractivity contribution is -0.141. The number of aromatic nitrogens is 2. The summed E-state index contributed by atoms with van der Waals surface area (Å²) in [5.74, 6) is 0. The number of rotatable bonds is 3. The van der Waals surface area contributed by atoms with Gasteiger partial charge >= 0.3 is 6.18 Å². The molecule has 1 saturated carbocycles. The predicted octanol–water partition coefficient (Wildman–Crippen LogP) is 3.86. The van der Waals surface area contributed by atoms with E-state index in [2.05, 4.69) is 21.0 Å². The van der Waals surface area contributed by atoms with Gasteiger partial charge in [0.15, 0.2) is 5.69 Å². The summed E-state index contributed by atoms with van der Waals surface area (Å²) in [5.41, 5.74) is -0.727. The fourth-order valence-corrected chi connectivity index (χ4v) is 3.14. The highest BCUT2D eigenvalue weighted by Crippen LogP contribution is 2.41. The lowest BCUT2D eigenvalue weighted by atomic mass is 9.89. The van der Waals surface area contributed by atoms with E-state index in [-0.39, 0.29) is 5.41 Å². The maximum atomic E-state index is 12.4. The second-order valence-corrected chi connectivity index (χ2v) is 5.30. The molecule has 1 aromatic rings. The fourth-order valence-electron chi connectivity index (χ4n) is 2.40. The van der Waals surface area contributed by atoms with Crippen LogP contribution in [0, 0.1) is 5.41 Å². The maximum Gasteiger partial charge on any atom is 0.435 e. The molecule has 0 atom stereocenters. The van der Waals surface area contributed by atoms with Crippen molar-refractivity contribution in [3.63, 3.8) is 0 Å². The van der Waals surface area contributed by atoms with E-state index in [0.717, 1.165) is 37.1 Å². The number of halogens is 4. The van der Waals surface area contributed by atoms with Crippen molar-refractivity contribution in [3.05, 3.63) is 18.0 Å². The molecule has 6 heteroatoms.